The van der Waals surface area contributed by atoms with Gasteiger partial charge in [0, 0.05) is 62.9 Å². The largest absolute Gasteiger partial charge is 0.422 e. The maximum atomic E-state index is 13.0. The van der Waals surface area contributed by atoms with Gasteiger partial charge in [-0.1, -0.05) is 0 Å². The summed E-state index contributed by atoms with van der Waals surface area (Å²) in [6.07, 6.45) is 6.19. The maximum Gasteiger partial charge on any atom is 0.344 e. The lowest BCUT2D eigenvalue weighted by atomic mass is 10.0. The van der Waals surface area contributed by atoms with Gasteiger partial charge in [0.2, 0.25) is 0 Å². The van der Waals surface area contributed by atoms with Crippen LogP contribution in [0.15, 0.2) is 52.7 Å². The molecule has 2 aliphatic heterocycles. The van der Waals surface area contributed by atoms with E-state index in [0.717, 1.165) is 63.3 Å². The van der Waals surface area contributed by atoms with Crippen molar-refractivity contribution in [2.75, 3.05) is 27.2 Å². The summed E-state index contributed by atoms with van der Waals surface area (Å²) < 4.78 is 11.4. The number of benzene rings is 2. The minimum atomic E-state index is -0.480. The highest BCUT2D eigenvalue weighted by Gasteiger charge is 2.21. The van der Waals surface area contributed by atoms with Crippen LogP contribution in [0.4, 0.5) is 11.4 Å². The van der Waals surface area contributed by atoms with Gasteiger partial charge in [0.15, 0.2) is 0 Å². The highest BCUT2D eigenvalue weighted by molar-refractivity contribution is 6.20. The summed E-state index contributed by atoms with van der Waals surface area (Å²) in [7, 11) is 4.03. The highest BCUT2D eigenvalue weighted by atomic mass is 35.5. The molecular weight excluding hydrogens is 503 g/mol. The van der Waals surface area contributed by atoms with Gasteiger partial charge in [-0.15, -0.1) is 24.8 Å². The van der Waals surface area contributed by atoms with E-state index in [4.69, 9.17) is 18.8 Å². The third-order valence-corrected chi connectivity index (χ3v) is 6.95. The number of amidine groups is 2. The van der Waals surface area contributed by atoms with Crippen molar-refractivity contribution >= 4 is 80.6 Å². The number of nitrogens with zero attached hydrogens (tertiary/aromatic N) is 4. The van der Waals surface area contributed by atoms with Crippen LogP contribution in [0, 0.1) is 0 Å². The third kappa shape index (κ3) is 4.44. The minimum absolute atomic E-state index is 0. The Morgan fingerprint density at radius 3 is 1.47 bits per heavy atom. The first-order valence-corrected chi connectivity index (χ1v) is 11.9. The normalized spacial score (nSPS) is 18.8. The fourth-order valence-corrected chi connectivity index (χ4v) is 5.12. The summed E-state index contributed by atoms with van der Waals surface area (Å²) in [5.74, 6) is 1.92. The van der Waals surface area contributed by atoms with Crippen LogP contribution in [-0.4, -0.2) is 48.7 Å². The second kappa shape index (κ2) is 10.1. The van der Waals surface area contributed by atoms with Crippen molar-refractivity contribution in [2.45, 2.75) is 38.5 Å². The molecule has 4 aromatic rings. The minimum Gasteiger partial charge on any atom is -0.422 e. The molecular formula is C26H28Cl2N4O4. The van der Waals surface area contributed by atoms with Crippen LogP contribution in [0.1, 0.15) is 38.5 Å². The summed E-state index contributed by atoms with van der Waals surface area (Å²) in [6, 6.07) is 6.94. The first-order chi connectivity index (χ1) is 16.5. The third-order valence-electron chi connectivity index (χ3n) is 6.95. The fraction of sp³-hybridized carbons (Fsp3) is 0.385. The van der Waals surface area contributed by atoms with E-state index in [-0.39, 0.29) is 24.8 Å². The Hall–Kier alpha value is -3.10. The topological polar surface area (TPSA) is 91.6 Å². The number of piperidine rings is 2. The van der Waals surface area contributed by atoms with Gasteiger partial charge >= 0.3 is 11.3 Å². The second-order valence-electron chi connectivity index (χ2n) is 9.33. The molecule has 36 heavy (non-hydrogen) atoms. The van der Waals surface area contributed by atoms with E-state index >= 15 is 0 Å². The SMILES string of the molecule is CN1CCCCC1=Nc1cc2oc(=O)c3cc(N=C4CCCCN4C)cc4oc(=O)c(c1)c2c43.Cl.Cl. The molecule has 0 radical (unpaired) electrons. The molecule has 8 nitrogen and oxygen atoms in total. The zero-order valence-corrected chi connectivity index (χ0v) is 21.8. The molecule has 0 bridgehead atoms. The van der Waals surface area contributed by atoms with Crippen molar-refractivity contribution in [1.82, 2.24) is 9.80 Å². The smallest absolute Gasteiger partial charge is 0.344 e. The second-order valence-corrected chi connectivity index (χ2v) is 9.33. The first kappa shape index (κ1) is 26.0. The van der Waals surface area contributed by atoms with Crippen LogP contribution in [0.25, 0.3) is 32.7 Å². The number of halogens is 2. The lowest BCUT2D eigenvalue weighted by molar-refractivity contribution is 0.434. The molecule has 0 aliphatic carbocycles. The van der Waals surface area contributed by atoms with E-state index in [9.17, 15) is 9.59 Å². The molecule has 10 heteroatoms. The Morgan fingerprint density at radius 1 is 0.667 bits per heavy atom. The molecule has 2 fully saturated rings. The van der Waals surface area contributed by atoms with Crippen LogP contribution in [0.2, 0.25) is 0 Å². The van der Waals surface area contributed by atoms with Crippen molar-refractivity contribution in [2.24, 2.45) is 9.98 Å². The Morgan fingerprint density at radius 2 is 1.08 bits per heavy atom. The maximum absolute atomic E-state index is 13.0. The van der Waals surface area contributed by atoms with Gasteiger partial charge in [-0.2, -0.15) is 0 Å². The molecule has 0 amide bonds. The Labute approximate surface area is 219 Å². The van der Waals surface area contributed by atoms with Gasteiger partial charge in [0.1, 0.15) is 22.8 Å². The molecule has 190 valence electrons. The molecule has 2 saturated heterocycles. The number of hydrogen-bond acceptors (Lipinski definition) is 6. The van der Waals surface area contributed by atoms with Gasteiger partial charge in [0.05, 0.1) is 22.1 Å². The molecule has 0 N–H and O–H groups in total. The quantitative estimate of drug-likeness (QED) is 0.246. The first-order valence-electron chi connectivity index (χ1n) is 11.9. The fourth-order valence-electron chi connectivity index (χ4n) is 5.12. The van der Waals surface area contributed by atoms with E-state index in [1.807, 2.05) is 14.1 Å². The highest BCUT2D eigenvalue weighted by Crippen LogP contribution is 2.36. The van der Waals surface area contributed by atoms with Crippen molar-refractivity contribution < 1.29 is 8.83 Å². The van der Waals surface area contributed by atoms with Crippen molar-refractivity contribution in [3.05, 3.63) is 45.1 Å². The van der Waals surface area contributed by atoms with E-state index in [2.05, 4.69) is 9.80 Å². The molecule has 2 aromatic carbocycles. The van der Waals surface area contributed by atoms with E-state index in [1.54, 1.807) is 24.3 Å². The lowest BCUT2D eigenvalue weighted by Gasteiger charge is -2.26. The summed E-state index contributed by atoms with van der Waals surface area (Å²) in [6.45, 7) is 1.90. The van der Waals surface area contributed by atoms with E-state index in [1.165, 1.54) is 0 Å². The molecule has 6 rings (SSSR count). The molecule has 0 saturated carbocycles. The zero-order chi connectivity index (χ0) is 23.4. The molecule has 0 atom stereocenters. The Balaban J connectivity index is 0.00000152. The van der Waals surface area contributed by atoms with Gasteiger partial charge in [0.25, 0.3) is 0 Å². The van der Waals surface area contributed by atoms with E-state index < -0.39 is 11.3 Å². The summed E-state index contributed by atoms with van der Waals surface area (Å²) in [4.78, 5) is 39.8. The van der Waals surface area contributed by atoms with Crippen molar-refractivity contribution in [3.8, 4) is 0 Å². The summed E-state index contributed by atoms with van der Waals surface area (Å²) >= 11 is 0. The van der Waals surface area contributed by atoms with Gasteiger partial charge in [-0.05, 0) is 37.8 Å². The Bertz CT molecular complexity index is 1490. The number of aliphatic imine (C=N–C) groups is 2. The van der Waals surface area contributed by atoms with E-state index in [0.29, 0.717) is 44.1 Å². The standard InChI is InChI=1S/C26H26N4O4.2ClH/c1-29-9-5-3-7-21(29)27-15-11-17-23-19(13-15)33-26(32)18-12-16(14-20(24(18)23)34-25(17)31)28-22-8-4-6-10-30(22)2;;/h11-14H,3-10H2,1-2H3;2*1H. The average molecular weight is 531 g/mol. The predicted molar refractivity (Wildman–Crippen MR) is 149 cm³/mol. The summed E-state index contributed by atoms with van der Waals surface area (Å²) in [5.41, 5.74) is 0.890. The molecule has 2 aliphatic rings. The van der Waals surface area contributed by atoms with Crippen LogP contribution < -0.4 is 11.3 Å². The zero-order valence-electron chi connectivity index (χ0n) is 20.2. The summed E-state index contributed by atoms with van der Waals surface area (Å²) in [5, 5.41) is 1.91. The molecule has 2 aromatic heterocycles. The van der Waals surface area contributed by atoms with Crippen LogP contribution in [0.3, 0.4) is 0 Å². The number of hydrogen-bond donors (Lipinski definition) is 0. The van der Waals surface area contributed by atoms with Crippen LogP contribution >= 0.6 is 24.8 Å². The Kier molecular flexibility index (Phi) is 7.29. The van der Waals surface area contributed by atoms with Crippen molar-refractivity contribution in [1.29, 1.82) is 0 Å². The van der Waals surface area contributed by atoms with Crippen molar-refractivity contribution in [3.63, 3.8) is 0 Å². The number of likely N-dealkylation sites (tertiary alicyclic amines) is 2. The number of rotatable bonds is 2. The van der Waals surface area contributed by atoms with Crippen LogP contribution in [-0.2, 0) is 0 Å². The molecule has 0 spiro atoms. The molecule has 0 unspecified atom stereocenters. The average Bonchev–Trinajstić information content (AvgIpc) is 2.81. The van der Waals surface area contributed by atoms with Gasteiger partial charge in [-0.25, -0.2) is 19.6 Å². The van der Waals surface area contributed by atoms with Gasteiger partial charge < -0.3 is 18.6 Å². The lowest BCUT2D eigenvalue weighted by Crippen LogP contribution is -2.31. The van der Waals surface area contributed by atoms with Gasteiger partial charge in [-0.3, -0.25) is 0 Å². The molecule has 4 heterocycles. The monoisotopic (exact) mass is 530 g/mol. The van der Waals surface area contributed by atoms with Crippen LogP contribution in [0.5, 0.6) is 0 Å². The predicted octanol–water partition coefficient (Wildman–Crippen LogP) is 5.63.